The first-order valence-corrected chi connectivity index (χ1v) is 5.04. The quantitative estimate of drug-likeness (QED) is 0.786. The Morgan fingerprint density at radius 1 is 1.71 bits per heavy atom. The van der Waals surface area contributed by atoms with E-state index in [0.717, 1.165) is 23.8 Å². The molecule has 0 spiro atoms. The van der Waals surface area contributed by atoms with E-state index in [2.05, 4.69) is 5.10 Å². The molecule has 0 saturated heterocycles. The number of hydrogen-bond acceptors (Lipinski definition) is 3. The van der Waals surface area contributed by atoms with E-state index >= 15 is 0 Å². The van der Waals surface area contributed by atoms with Crippen LogP contribution >= 0.6 is 0 Å². The van der Waals surface area contributed by atoms with Crippen molar-refractivity contribution in [2.45, 2.75) is 25.3 Å². The highest BCUT2D eigenvalue weighted by atomic mass is 16.5. The third kappa shape index (κ3) is 1.75. The molecule has 1 heterocycles. The van der Waals surface area contributed by atoms with E-state index in [4.69, 9.17) is 10.5 Å². The number of hydrogen-bond donors (Lipinski definition) is 1. The smallest absolute Gasteiger partial charge is 0.161 e. The van der Waals surface area contributed by atoms with Crippen molar-refractivity contribution in [1.82, 2.24) is 9.78 Å². The maximum atomic E-state index is 6.12. The van der Waals surface area contributed by atoms with Crippen molar-refractivity contribution in [3.8, 4) is 5.75 Å². The van der Waals surface area contributed by atoms with Crippen molar-refractivity contribution in [1.29, 1.82) is 0 Å². The molecular weight excluding hydrogens is 178 g/mol. The molecular formula is C10H17N3O. The monoisotopic (exact) mass is 195 g/mol. The zero-order valence-corrected chi connectivity index (χ0v) is 8.73. The third-order valence-electron chi connectivity index (χ3n) is 2.80. The predicted octanol–water partition coefficient (Wildman–Crippen LogP) is 1.23. The van der Waals surface area contributed by atoms with Crippen molar-refractivity contribution in [3.63, 3.8) is 0 Å². The van der Waals surface area contributed by atoms with Gasteiger partial charge in [-0.25, -0.2) is 0 Å². The van der Waals surface area contributed by atoms with Gasteiger partial charge in [-0.2, -0.15) is 5.10 Å². The van der Waals surface area contributed by atoms with Gasteiger partial charge in [0.2, 0.25) is 0 Å². The van der Waals surface area contributed by atoms with Crippen LogP contribution in [0, 0.1) is 5.92 Å². The Morgan fingerprint density at radius 3 is 3.00 bits per heavy atom. The van der Waals surface area contributed by atoms with E-state index in [-0.39, 0.29) is 6.04 Å². The Morgan fingerprint density at radius 2 is 2.43 bits per heavy atom. The predicted molar refractivity (Wildman–Crippen MR) is 54.0 cm³/mol. The van der Waals surface area contributed by atoms with Crippen LogP contribution in [0.1, 0.15) is 31.0 Å². The summed E-state index contributed by atoms with van der Waals surface area (Å²) in [5.74, 6) is 1.63. The molecule has 0 aliphatic heterocycles. The molecule has 1 aliphatic rings. The zero-order valence-electron chi connectivity index (χ0n) is 8.73. The minimum absolute atomic E-state index is 0.0601. The van der Waals surface area contributed by atoms with Gasteiger partial charge in [-0.3, -0.25) is 4.68 Å². The summed E-state index contributed by atoms with van der Waals surface area (Å²) >= 11 is 0. The molecule has 0 bridgehead atoms. The van der Waals surface area contributed by atoms with Gasteiger partial charge in [0.25, 0.3) is 0 Å². The number of nitrogens with two attached hydrogens (primary N) is 1. The van der Waals surface area contributed by atoms with Crippen LogP contribution in [-0.2, 0) is 7.05 Å². The molecule has 78 valence electrons. The summed E-state index contributed by atoms with van der Waals surface area (Å²) in [6, 6.07) is 0.0601. The van der Waals surface area contributed by atoms with Crippen LogP contribution in [0.5, 0.6) is 5.75 Å². The largest absolute Gasteiger partial charge is 0.493 e. The Balaban J connectivity index is 2.14. The van der Waals surface area contributed by atoms with Crippen LogP contribution in [0.3, 0.4) is 0 Å². The number of aryl methyl sites for hydroxylation is 1. The number of rotatable bonds is 4. The molecule has 1 saturated carbocycles. The summed E-state index contributed by atoms with van der Waals surface area (Å²) in [5.41, 5.74) is 7.13. The minimum atomic E-state index is 0.0601. The molecule has 1 fully saturated rings. The third-order valence-corrected chi connectivity index (χ3v) is 2.80. The first-order chi connectivity index (χ1) is 6.72. The van der Waals surface area contributed by atoms with Gasteiger partial charge in [-0.1, -0.05) is 12.8 Å². The molecule has 4 heteroatoms. The second-order valence-corrected chi connectivity index (χ2v) is 4.01. The molecule has 0 amide bonds. The highest BCUT2D eigenvalue weighted by Crippen LogP contribution is 2.38. The van der Waals surface area contributed by atoms with Gasteiger partial charge < -0.3 is 10.5 Å². The van der Waals surface area contributed by atoms with Gasteiger partial charge in [0.05, 0.1) is 25.0 Å². The summed E-state index contributed by atoms with van der Waals surface area (Å²) in [5, 5.41) is 4.15. The van der Waals surface area contributed by atoms with Crippen molar-refractivity contribution < 1.29 is 4.74 Å². The lowest BCUT2D eigenvalue weighted by Gasteiger charge is -2.13. The standard InChI is InChI=1S/C10H17N3O/c1-13-10(9(14-2)6-12-13)8(11)5-7-3-4-7/h6-8H,3-5,11H2,1-2H3. The fraction of sp³-hybridized carbons (Fsp3) is 0.700. The van der Waals surface area contributed by atoms with Gasteiger partial charge in [0, 0.05) is 7.05 Å². The lowest BCUT2D eigenvalue weighted by molar-refractivity contribution is 0.399. The SMILES string of the molecule is COc1cnn(C)c1C(N)CC1CC1. The van der Waals surface area contributed by atoms with Crippen LogP contribution in [-0.4, -0.2) is 16.9 Å². The minimum Gasteiger partial charge on any atom is -0.493 e. The van der Waals surface area contributed by atoms with Crippen LogP contribution in [0.25, 0.3) is 0 Å². The number of methoxy groups -OCH3 is 1. The van der Waals surface area contributed by atoms with Gasteiger partial charge >= 0.3 is 0 Å². The molecule has 1 unspecified atom stereocenters. The summed E-state index contributed by atoms with van der Waals surface area (Å²) in [7, 11) is 3.56. The molecule has 1 aliphatic carbocycles. The second-order valence-electron chi connectivity index (χ2n) is 4.01. The van der Waals surface area contributed by atoms with Crippen LogP contribution in [0.4, 0.5) is 0 Å². The van der Waals surface area contributed by atoms with Gasteiger partial charge in [0.1, 0.15) is 0 Å². The maximum absolute atomic E-state index is 6.12. The first-order valence-electron chi connectivity index (χ1n) is 5.04. The van der Waals surface area contributed by atoms with E-state index in [1.807, 2.05) is 11.7 Å². The van der Waals surface area contributed by atoms with Crippen molar-refractivity contribution in [2.24, 2.45) is 18.7 Å². The van der Waals surface area contributed by atoms with Gasteiger partial charge in [0.15, 0.2) is 5.75 Å². The molecule has 14 heavy (non-hydrogen) atoms. The number of aromatic nitrogens is 2. The summed E-state index contributed by atoms with van der Waals surface area (Å²) < 4.78 is 7.04. The summed E-state index contributed by atoms with van der Waals surface area (Å²) in [6.07, 6.45) is 5.43. The average molecular weight is 195 g/mol. The average Bonchev–Trinajstić information content (AvgIpc) is 2.87. The lowest BCUT2D eigenvalue weighted by atomic mass is 10.1. The van der Waals surface area contributed by atoms with E-state index < -0.39 is 0 Å². The Bertz CT molecular complexity index is 317. The van der Waals surface area contributed by atoms with E-state index in [0.29, 0.717) is 0 Å². The Hall–Kier alpha value is -1.03. The second kappa shape index (κ2) is 3.61. The number of nitrogens with zero attached hydrogens (tertiary/aromatic N) is 2. The molecule has 1 aromatic rings. The molecule has 2 N–H and O–H groups in total. The molecule has 0 radical (unpaired) electrons. The summed E-state index contributed by atoms with van der Waals surface area (Å²) in [6.45, 7) is 0. The van der Waals surface area contributed by atoms with Crippen LogP contribution < -0.4 is 10.5 Å². The van der Waals surface area contributed by atoms with E-state index in [1.54, 1.807) is 13.3 Å². The van der Waals surface area contributed by atoms with Gasteiger partial charge in [-0.15, -0.1) is 0 Å². The molecule has 2 rings (SSSR count). The van der Waals surface area contributed by atoms with Crippen LogP contribution in [0.2, 0.25) is 0 Å². The van der Waals surface area contributed by atoms with E-state index in [9.17, 15) is 0 Å². The van der Waals surface area contributed by atoms with Gasteiger partial charge in [-0.05, 0) is 12.3 Å². The maximum Gasteiger partial charge on any atom is 0.161 e. The normalized spacial score (nSPS) is 18.2. The Kier molecular flexibility index (Phi) is 2.46. The summed E-state index contributed by atoms with van der Waals surface area (Å²) in [4.78, 5) is 0. The van der Waals surface area contributed by atoms with Crippen molar-refractivity contribution >= 4 is 0 Å². The first kappa shape index (κ1) is 9.52. The van der Waals surface area contributed by atoms with E-state index in [1.165, 1.54) is 12.8 Å². The molecule has 1 atom stereocenters. The lowest BCUT2D eigenvalue weighted by Crippen LogP contribution is -2.16. The zero-order chi connectivity index (χ0) is 10.1. The Labute approximate surface area is 84.0 Å². The fourth-order valence-electron chi connectivity index (χ4n) is 1.83. The molecule has 1 aromatic heterocycles. The highest BCUT2D eigenvalue weighted by Gasteiger charge is 2.27. The molecule has 0 aromatic carbocycles. The highest BCUT2D eigenvalue weighted by molar-refractivity contribution is 5.28. The molecule has 4 nitrogen and oxygen atoms in total. The van der Waals surface area contributed by atoms with Crippen molar-refractivity contribution in [3.05, 3.63) is 11.9 Å². The van der Waals surface area contributed by atoms with Crippen LogP contribution in [0.15, 0.2) is 6.20 Å². The van der Waals surface area contributed by atoms with Crippen molar-refractivity contribution in [2.75, 3.05) is 7.11 Å². The topological polar surface area (TPSA) is 53.1 Å². The number of ether oxygens (including phenoxy) is 1. The fourth-order valence-corrected chi connectivity index (χ4v) is 1.83.